The number of sulfonamides is 1. The number of nitrogens with one attached hydrogen (secondary N) is 5. The maximum absolute atomic E-state index is 13.0. The third kappa shape index (κ3) is 6.63. The van der Waals surface area contributed by atoms with Gasteiger partial charge in [0.15, 0.2) is 0 Å². The number of nitrogens with zero attached hydrogens (tertiary/aromatic N) is 1. The Morgan fingerprint density at radius 3 is 2.54 bits per heavy atom. The molecule has 198 valence electrons. The van der Waals surface area contributed by atoms with Crippen molar-refractivity contribution >= 4 is 38.9 Å². The van der Waals surface area contributed by atoms with Crippen LogP contribution in [0.25, 0.3) is 11.0 Å². The third-order valence-electron chi connectivity index (χ3n) is 6.02. The van der Waals surface area contributed by atoms with E-state index in [4.69, 9.17) is 4.84 Å². The number of aromatic nitrogens is 2. The third-order valence-corrected chi connectivity index (χ3v) is 7.53. The number of carboxylic acids is 1. The summed E-state index contributed by atoms with van der Waals surface area (Å²) in [5.41, 5.74) is 2.05. The number of hydrogen-bond donors (Lipinski definition) is 6. The van der Waals surface area contributed by atoms with E-state index in [0.717, 1.165) is 11.0 Å². The molecule has 1 aliphatic rings. The minimum atomic E-state index is -4.25. The molecule has 1 aromatic heterocycles. The molecule has 1 amide bonds. The molecule has 3 aromatic rings. The molecule has 1 saturated heterocycles. The fourth-order valence-corrected chi connectivity index (χ4v) is 5.38. The number of fused-ring (bicyclic) bond motifs is 1. The number of imidazole rings is 1. The fourth-order valence-electron chi connectivity index (χ4n) is 4.04. The lowest BCUT2D eigenvalue weighted by Gasteiger charge is -2.32. The Bertz CT molecular complexity index is 1290. The lowest BCUT2D eigenvalue weighted by atomic mass is 10.0. The van der Waals surface area contributed by atoms with Crippen molar-refractivity contribution in [2.24, 2.45) is 0 Å². The normalized spacial score (nSPS) is 17.4. The zero-order valence-corrected chi connectivity index (χ0v) is 20.9. The zero-order valence-electron chi connectivity index (χ0n) is 20.1. The second-order valence-corrected chi connectivity index (χ2v) is 10.4. The minimum absolute atomic E-state index is 0.104. The Hall–Kier alpha value is -3.52. The van der Waals surface area contributed by atoms with Crippen LogP contribution in [0.4, 0.5) is 5.95 Å². The van der Waals surface area contributed by atoms with Crippen molar-refractivity contribution in [1.29, 1.82) is 0 Å². The number of carboxylic acid groups (broad SMARTS) is 1. The SMILES string of the molecule is O=C(NC(CCCCCNc1nc2ccccc2[nH]1)(NS(=O)(=O)c1ccccc1)C(=O)O)C1CCON1. The molecule has 12 nitrogen and oxygen atoms in total. The molecule has 4 rings (SSSR count). The van der Waals surface area contributed by atoms with Crippen molar-refractivity contribution in [1.82, 2.24) is 25.5 Å². The summed E-state index contributed by atoms with van der Waals surface area (Å²) in [6.45, 7) is 0.859. The topological polar surface area (TPSA) is 175 Å². The molecule has 0 saturated carbocycles. The van der Waals surface area contributed by atoms with Gasteiger partial charge >= 0.3 is 5.97 Å². The van der Waals surface area contributed by atoms with E-state index in [1.54, 1.807) is 6.07 Å². The number of carbonyl (C=O) groups is 2. The van der Waals surface area contributed by atoms with E-state index in [9.17, 15) is 23.1 Å². The number of para-hydroxylation sites is 2. The van der Waals surface area contributed by atoms with E-state index in [1.807, 2.05) is 24.3 Å². The van der Waals surface area contributed by atoms with Gasteiger partial charge in [-0.2, -0.15) is 10.2 Å². The average Bonchev–Trinajstić information content (AvgIpc) is 3.56. The number of amides is 1. The summed E-state index contributed by atoms with van der Waals surface area (Å²) in [5, 5.41) is 15.8. The van der Waals surface area contributed by atoms with Gasteiger partial charge in [0.05, 0.1) is 22.5 Å². The summed E-state index contributed by atoms with van der Waals surface area (Å²) in [6.07, 6.45) is 1.76. The summed E-state index contributed by atoms with van der Waals surface area (Å²) >= 11 is 0. The molecule has 1 fully saturated rings. The maximum Gasteiger partial charge on any atom is 0.345 e. The molecule has 2 atom stereocenters. The van der Waals surface area contributed by atoms with Crippen molar-refractivity contribution < 1.29 is 28.0 Å². The lowest BCUT2D eigenvalue weighted by Crippen LogP contribution is -2.67. The number of anilines is 1. The molecule has 37 heavy (non-hydrogen) atoms. The molecule has 13 heteroatoms. The molecule has 0 bridgehead atoms. The number of rotatable bonds is 13. The Morgan fingerprint density at radius 2 is 1.84 bits per heavy atom. The van der Waals surface area contributed by atoms with Crippen LogP contribution in [0.5, 0.6) is 0 Å². The van der Waals surface area contributed by atoms with Gasteiger partial charge in [-0.25, -0.2) is 18.2 Å². The first kappa shape index (κ1) is 26.5. The number of unbranched alkanes of at least 4 members (excludes halogenated alkanes) is 2. The van der Waals surface area contributed by atoms with E-state index in [1.165, 1.54) is 24.3 Å². The van der Waals surface area contributed by atoms with Gasteiger partial charge in [-0.05, 0) is 49.9 Å². The minimum Gasteiger partial charge on any atom is -0.478 e. The molecule has 0 radical (unpaired) electrons. The monoisotopic (exact) mass is 530 g/mol. The Labute approximate surface area is 214 Å². The molecule has 1 aliphatic heterocycles. The van der Waals surface area contributed by atoms with Gasteiger partial charge in [-0.3, -0.25) is 4.79 Å². The number of H-pyrrole nitrogens is 1. The van der Waals surface area contributed by atoms with Gasteiger partial charge in [0.2, 0.25) is 27.5 Å². The van der Waals surface area contributed by atoms with Crippen molar-refractivity contribution in [3.8, 4) is 0 Å². The fraction of sp³-hybridized carbons (Fsp3) is 0.375. The highest BCUT2D eigenvalue weighted by molar-refractivity contribution is 7.89. The predicted molar refractivity (Wildman–Crippen MR) is 136 cm³/mol. The summed E-state index contributed by atoms with van der Waals surface area (Å²) < 4.78 is 28.3. The van der Waals surface area contributed by atoms with E-state index < -0.39 is 33.6 Å². The first-order valence-electron chi connectivity index (χ1n) is 12.0. The van der Waals surface area contributed by atoms with E-state index in [-0.39, 0.29) is 17.9 Å². The standard InChI is InChI=1S/C24H30N6O6S/c31-21(20-13-16-36-29-20)28-24(22(32)33,30-37(34,35)17-9-3-1-4-10-17)14-7-2-8-15-25-23-26-18-11-5-6-12-19(18)27-23/h1,3-6,9-12,20,29-30H,2,7-8,13-16H2,(H,28,31)(H,32,33)(H2,25,26,27). The smallest absolute Gasteiger partial charge is 0.345 e. The van der Waals surface area contributed by atoms with Crippen LogP contribution in [0, 0.1) is 0 Å². The number of aromatic amines is 1. The number of hydroxylamine groups is 1. The van der Waals surface area contributed by atoms with E-state index >= 15 is 0 Å². The van der Waals surface area contributed by atoms with Crippen LogP contribution in [-0.2, 0) is 24.4 Å². The van der Waals surface area contributed by atoms with Gasteiger partial charge in [0.25, 0.3) is 0 Å². The average molecular weight is 531 g/mol. The maximum atomic E-state index is 13.0. The first-order valence-corrected chi connectivity index (χ1v) is 13.5. The van der Waals surface area contributed by atoms with Crippen LogP contribution >= 0.6 is 0 Å². The van der Waals surface area contributed by atoms with Crippen molar-refractivity contribution in [2.75, 3.05) is 18.5 Å². The van der Waals surface area contributed by atoms with Crippen LogP contribution in [0.3, 0.4) is 0 Å². The van der Waals surface area contributed by atoms with Crippen molar-refractivity contribution in [3.63, 3.8) is 0 Å². The molecule has 0 aliphatic carbocycles. The van der Waals surface area contributed by atoms with E-state index in [2.05, 4.69) is 30.8 Å². The van der Waals surface area contributed by atoms with Gasteiger partial charge in [0, 0.05) is 6.54 Å². The van der Waals surface area contributed by atoms with Gasteiger partial charge in [0.1, 0.15) is 6.04 Å². The molecule has 2 heterocycles. The molecule has 2 unspecified atom stereocenters. The Kier molecular flexibility index (Phi) is 8.38. The highest BCUT2D eigenvalue weighted by atomic mass is 32.2. The van der Waals surface area contributed by atoms with Gasteiger partial charge in [-0.1, -0.05) is 36.8 Å². The lowest BCUT2D eigenvalue weighted by molar-refractivity contribution is -0.149. The van der Waals surface area contributed by atoms with E-state index in [0.29, 0.717) is 38.2 Å². The van der Waals surface area contributed by atoms with Crippen molar-refractivity contribution in [2.45, 2.75) is 48.7 Å². The summed E-state index contributed by atoms with van der Waals surface area (Å²) in [6, 6.07) is 14.3. The number of benzene rings is 2. The van der Waals surface area contributed by atoms with Crippen LogP contribution < -0.4 is 20.8 Å². The molecule has 2 aromatic carbocycles. The number of hydrogen-bond acceptors (Lipinski definition) is 8. The summed E-state index contributed by atoms with van der Waals surface area (Å²) in [7, 11) is -4.25. The second kappa shape index (κ2) is 11.7. The van der Waals surface area contributed by atoms with Crippen LogP contribution in [0.1, 0.15) is 32.1 Å². The van der Waals surface area contributed by atoms with Crippen LogP contribution in [0.2, 0.25) is 0 Å². The first-order chi connectivity index (χ1) is 17.8. The van der Waals surface area contributed by atoms with Gasteiger partial charge < -0.3 is 25.6 Å². The predicted octanol–water partition coefficient (Wildman–Crippen LogP) is 1.70. The summed E-state index contributed by atoms with van der Waals surface area (Å²) in [5.74, 6) is -1.53. The molecular weight excluding hydrogens is 500 g/mol. The Morgan fingerprint density at radius 1 is 1.08 bits per heavy atom. The van der Waals surface area contributed by atoms with Crippen molar-refractivity contribution in [3.05, 3.63) is 54.6 Å². The quantitative estimate of drug-likeness (QED) is 0.142. The number of carbonyl (C=O) groups excluding carboxylic acids is 1. The highest BCUT2D eigenvalue weighted by Gasteiger charge is 2.45. The van der Waals surface area contributed by atoms with Crippen LogP contribution in [0.15, 0.2) is 59.5 Å². The summed E-state index contributed by atoms with van der Waals surface area (Å²) in [4.78, 5) is 37.7. The Balaban J connectivity index is 1.40. The largest absolute Gasteiger partial charge is 0.478 e. The van der Waals surface area contributed by atoms with Gasteiger partial charge in [-0.15, -0.1) is 0 Å². The molecule has 6 N–H and O–H groups in total. The molecular formula is C24H30N6O6S. The number of aliphatic carboxylic acids is 1. The highest BCUT2D eigenvalue weighted by Crippen LogP contribution is 2.20. The van der Waals surface area contributed by atoms with Crippen LogP contribution in [-0.4, -0.2) is 60.2 Å². The molecule has 0 spiro atoms. The second-order valence-electron chi connectivity index (χ2n) is 8.77. The zero-order chi connectivity index (χ0) is 26.3.